The van der Waals surface area contributed by atoms with Crippen molar-refractivity contribution in [3.63, 3.8) is 0 Å². The van der Waals surface area contributed by atoms with E-state index in [1.807, 2.05) is 45.0 Å². The van der Waals surface area contributed by atoms with Gasteiger partial charge in [-0.25, -0.2) is 4.98 Å². The van der Waals surface area contributed by atoms with Crippen molar-refractivity contribution < 1.29 is 9.21 Å². The fourth-order valence-electron chi connectivity index (χ4n) is 1.81. The molecule has 0 aliphatic carbocycles. The van der Waals surface area contributed by atoms with E-state index in [0.29, 0.717) is 12.4 Å². The van der Waals surface area contributed by atoms with Crippen molar-refractivity contribution in [1.82, 2.24) is 10.3 Å². The lowest BCUT2D eigenvalue weighted by Gasteiger charge is -2.08. The Morgan fingerprint density at radius 1 is 1.25 bits per heavy atom. The first-order valence-electron chi connectivity index (χ1n) is 6.55. The molecule has 0 aliphatic heterocycles. The fraction of sp³-hybridized carbons (Fsp3) is 0.333. The van der Waals surface area contributed by atoms with Gasteiger partial charge in [-0.15, -0.1) is 0 Å². The van der Waals surface area contributed by atoms with Crippen molar-refractivity contribution >= 4 is 11.6 Å². The molecule has 0 bridgehead atoms. The lowest BCUT2D eigenvalue weighted by molar-refractivity contribution is -0.115. The number of aryl methyl sites for hydroxylation is 3. The Bertz CT molecular complexity index is 585. The van der Waals surface area contributed by atoms with Crippen LogP contribution < -0.4 is 10.6 Å². The summed E-state index contributed by atoms with van der Waals surface area (Å²) in [7, 11) is 0. The van der Waals surface area contributed by atoms with Gasteiger partial charge in [0.1, 0.15) is 5.76 Å². The molecule has 0 saturated carbocycles. The van der Waals surface area contributed by atoms with E-state index in [4.69, 9.17) is 4.42 Å². The number of nitrogens with zero attached hydrogens (tertiary/aromatic N) is 1. The Morgan fingerprint density at radius 2 is 2.00 bits per heavy atom. The number of nitrogens with one attached hydrogen (secondary N) is 2. The molecule has 106 valence electrons. The summed E-state index contributed by atoms with van der Waals surface area (Å²) in [5.41, 5.74) is 2.76. The van der Waals surface area contributed by atoms with E-state index in [-0.39, 0.29) is 12.5 Å². The van der Waals surface area contributed by atoms with Crippen LogP contribution in [0.5, 0.6) is 0 Å². The highest BCUT2D eigenvalue weighted by Crippen LogP contribution is 2.12. The number of oxazole rings is 1. The van der Waals surface area contributed by atoms with Gasteiger partial charge in [0.15, 0.2) is 0 Å². The molecule has 0 fully saturated rings. The maximum atomic E-state index is 11.8. The van der Waals surface area contributed by atoms with Crippen LogP contribution in [0.15, 0.2) is 28.7 Å². The zero-order valence-corrected chi connectivity index (χ0v) is 12.0. The van der Waals surface area contributed by atoms with Crippen molar-refractivity contribution in [1.29, 1.82) is 0 Å². The average molecular weight is 273 g/mol. The number of carbonyl (C=O) groups is 1. The average Bonchev–Trinajstić information content (AvgIpc) is 2.71. The molecule has 2 aromatic rings. The molecule has 0 saturated heterocycles. The molecule has 1 heterocycles. The normalized spacial score (nSPS) is 10.6. The van der Waals surface area contributed by atoms with E-state index < -0.39 is 0 Å². The third-order valence-electron chi connectivity index (χ3n) is 3.05. The Labute approximate surface area is 118 Å². The van der Waals surface area contributed by atoms with Crippen molar-refractivity contribution in [2.24, 2.45) is 0 Å². The van der Waals surface area contributed by atoms with Crippen LogP contribution in [-0.2, 0) is 11.3 Å². The third-order valence-corrected chi connectivity index (χ3v) is 3.05. The minimum Gasteiger partial charge on any atom is -0.444 e. The third kappa shape index (κ3) is 3.68. The Morgan fingerprint density at radius 3 is 2.65 bits per heavy atom. The van der Waals surface area contributed by atoms with Gasteiger partial charge in [0.05, 0.1) is 18.8 Å². The van der Waals surface area contributed by atoms with E-state index in [2.05, 4.69) is 15.6 Å². The summed E-state index contributed by atoms with van der Waals surface area (Å²) in [4.78, 5) is 16.0. The van der Waals surface area contributed by atoms with E-state index in [9.17, 15) is 4.79 Å². The predicted octanol–water partition coefficient (Wildman–Crippen LogP) is 2.33. The van der Waals surface area contributed by atoms with Crippen LogP contribution >= 0.6 is 0 Å². The minimum absolute atomic E-state index is 0.0840. The molecular formula is C15H19N3O2. The summed E-state index contributed by atoms with van der Waals surface area (Å²) in [6, 6.07) is 7.68. The molecule has 0 spiro atoms. The van der Waals surface area contributed by atoms with Crippen molar-refractivity contribution in [2.45, 2.75) is 27.3 Å². The quantitative estimate of drug-likeness (QED) is 0.877. The first-order valence-corrected chi connectivity index (χ1v) is 6.55. The highest BCUT2D eigenvalue weighted by Gasteiger charge is 2.07. The Kier molecular flexibility index (Phi) is 4.53. The van der Waals surface area contributed by atoms with Crippen LogP contribution in [0, 0.1) is 20.8 Å². The van der Waals surface area contributed by atoms with E-state index in [1.54, 1.807) is 0 Å². The van der Waals surface area contributed by atoms with Gasteiger partial charge in [0.25, 0.3) is 0 Å². The second-order valence-electron chi connectivity index (χ2n) is 4.72. The summed E-state index contributed by atoms with van der Waals surface area (Å²) in [6.07, 6.45) is 0. The molecule has 0 atom stereocenters. The molecule has 1 aromatic heterocycles. The van der Waals surface area contributed by atoms with Gasteiger partial charge in [0, 0.05) is 5.69 Å². The first kappa shape index (κ1) is 14.3. The monoisotopic (exact) mass is 273 g/mol. The lowest BCUT2D eigenvalue weighted by atomic mass is 10.2. The largest absolute Gasteiger partial charge is 0.444 e. The van der Waals surface area contributed by atoms with Gasteiger partial charge in [-0.3, -0.25) is 10.1 Å². The minimum atomic E-state index is -0.0840. The molecule has 20 heavy (non-hydrogen) atoms. The zero-order valence-electron chi connectivity index (χ0n) is 12.0. The molecule has 1 aromatic carbocycles. The number of benzene rings is 1. The molecule has 1 amide bonds. The van der Waals surface area contributed by atoms with Gasteiger partial charge >= 0.3 is 0 Å². The molecule has 5 heteroatoms. The predicted molar refractivity (Wildman–Crippen MR) is 77.5 cm³/mol. The molecule has 0 radical (unpaired) electrons. The van der Waals surface area contributed by atoms with Gasteiger partial charge in [-0.05, 0) is 32.4 Å². The van der Waals surface area contributed by atoms with Gasteiger partial charge in [0.2, 0.25) is 11.8 Å². The van der Waals surface area contributed by atoms with Gasteiger partial charge in [-0.1, -0.05) is 18.2 Å². The maximum Gasteiger partial charge on any atom is 0.238 e. The highest BCUT2D eigenvalue weighted by atomic mass is 16.4. The van der Waals surface area contributed by atoms with E-state index >= 15 is 0 Å². The zero-order chi connectivity index (χ0) is 14.5. The van der Waals surface area contributed by atoms with Crippen LogP contribution in [-0.4, -0.2) is 17.4 Å². The van der Waals surface area contributed by atoms with Crippen LogP contribution in [0.3, 0.4) is 0 Å². The van der Waals surface area contributed by atoms with Crippen molar-refractivity contribution in [3.05, 3.63) is 47.2 Å². The van der Waals surface area contributed by atoms with Crippen molar-refractivity contribution in [2.75, 3.05) is 11.9 Å². The highest BCUT2D eigenvalue weighted by molar-refractivity contribution is 5.92. The molecule has 0 aliphatic rings. The molecule has 0 unspecified atom stereocenters. The molecule has 2 rings (SSSR count). The van der Waals surface area contributed by atoms with E-state index in [1.165, 1.54) is 0 Å². The second kappa shape index (κ2) is 6.34. The van der Waals surface area contributed by atoms with Crippen LogP contribution in [0.4, 0.5) is 5.69 Å². The number of hydrogen-bond acceptors (Lipinski definition) is 4. The molecule has 5 nitrogen and oxygen atoms in total. The smallest absolute Gasteiger partial charge is 0.238 e. The van der Waals surface area contributed by atoms with Crippen LogP contribution in [0.1, 0.15) is 22.9 Å². The number of anilines is 1. The summed E-state index contributed by atoms with van der Waals surface area (Å²) in [6.45, 7) is 6.38. The number of aromatic nitrogens is 1. The topological polar surface area (TPSA) is 67.2 Å². The molecule has 2 N–H and O–H groups in total. The van der Waals surface area contributed by atoms with Gasteiger partial charge in [-0.2, -0.15) is 0 Å². The SMILES string of the molecule is Cc1ccccc1NC(=O)CNCc1nc(C)c(C)o1. The number of para-hydroxylation sites is 1. The number of rotatable bonds is 5. The summed E-state index contributed by atoms with van der Waals surface area (Å²) >= 11 is 0. The van der Waals surface area contributed by atoms with Gasteiger partial charge < -0.3 is 9.73 Å². The Balaban J connectivity index is 1.80. The summed E-state index contributed by atoms with van der Waals surface area (Å²) in [5, 5.41) is 5.87. The summed E-state index contributed by atoms with van der Waals surface area (Å²) < 4.78 is 5.43. The fourth-order valence-corrected chi connectivity index (χ4v) is 1.81. The second-order valence-corrected chi connectivity index (χ2v) is 4.72. The van der Waals surface area contributed by atoms with Crippen LogP contribution in [0.25, 0.3) is 0 Å². The lowest BCUT2D eigenvalue weighted by Crippen LogP contribution is -2.28. The molecular weight excluding hydrogens is 254 g/mol. The maximum absolute atomic E-state index is 11.8. The standard InChI is InChI=1S/C15H19N3O2/c1-10-6-4-5-7-13(10)18-14(19)8-16-9-15-17-11(2)12(3)20-15/h4-7,16H,8-9H2,1-3H3,(H,18,19). The Hall–Kier alpha value is -2.14. The number of carbonyl (C=O) groups excluding carboxylic acids is 1. The summed E-state index contributed by atoms with van der Waals surface area (Å²) in [5.74, 6) is 1.33. The van der Waals surface area contributed by atoms with Crippen LogP contribution in [0.2, 0.25) is 0 Å². The number of amides is 1. The number of hydrogen-bond donors (Lipinski definition) is 2. The van der Waals surface area contributed by atoms with Crippen molar-refractivity contribution in [3.8, 4) is 0 Å². The van der Waals surface area contributed by atoms with E-state index in [0.717, 1.165) is 22.7 Å². The first-order chi connectivity index (χ1) is 9.56.